The van der Waals surface area contributed by atoms with Crippen LogP contribution in [0.15, 0.2) is 52.7 Å². The second-order valence-corrected chi connectivity index (χ2v) is 4.70. The van der Waals surface area contributed by atoms with Gasteiger partial charge in [0.05, 0.1) is 5.69 Å². The van der Waals surface area contributed by atoms with Gasteiger partial charge in [-0.3, -0.25) is 9.78 Å². The molecule has 0 atom stereocenters. The van der Waals surface area contributed by atoms with Crippen LogP contribution in [0.3, 0.4) is 0 Å². The summed E-state index contributed by atoms with van der Waals surface area (Å²) in [6.07, 6.45) is 4.71. The molecule has 112 valence electrons. The number of ketones is 1. The Kier molecular flexibility index (Phi) is 4.98. The summed E-state index contributed by atoms with van der Waals surface area (Å²) in [5, 5.41) is 0. The van der Waals surface area contributed by atoms with Gasteiger partial charge in [0.1, 0.15) is 0 Å². The zero-order valence-electron chi connectivity index (χ0n) is 12.2. The highest BCUT2D eigenvalue weighted by molar-refractivity contribution is 6.05. The third-order valence-electron chi connectivity index (χ3n) is 2.95. The van der Waals surface area contributed by atoms with Gasteiger partial charge in [-0.15, -0.1) is 0 Å². The third kappa shape index (κ3) is 4.24. The summed E-state index contributed by atoms with van der Waals surface area (Å²) in [5.74, 6) is -0.00234. The molecule has 1 aromatic carbocycles. The lowest BCUT2D eigenvalue weighted by Gasteiger charge is -2.01. The topological polar surface area (TPSA) is 107 Å². The summed E-state index contributed by atoms with van der Waals surface area (Å²) in [6, 6.07) is 8.79. The maximum absolute atomic E-state index is 11.9. The number of nitrogen functional groups attached to an aromatic ring is 1. The molecule has 0 aliphatic rings. The summed E-state index contributed by atoms with van der Waals surface area (Å²) >= 11 is 0. The molecule has 0 radical (unpaired) electrons. The predicted octanol–water partition coefficient (Wildman–Crippen LogP) is 2.26. The Balaban J connectivity index is 2.02. The number of aliphatic imine (C=N–C) groups is 2. The number of hydrogen-bond acceptors (Lipinski definition) is 4. The smallest absolute Gasteiger partial charge is 0.220 e. The Labute approximate surface area is 128 Å². The highest BCUT2D eigenvalue weighted by atomic mass is 16.1. The van der Waals surface area contributed by atoms with Gasteiger partial charge in [0.25, 0.3) is 0 Å². The largest absolute Gasteiger partial charge is 0.399 e. The summed E-state index contributed by atoms with van der Waals surface area (Å²) in [7, 11) is 0. The number of aromatic nitrogens is 1. The molecule has 22 heavy (non-hydrogen) atoms. The monoisotopic (exact) mass is 295 g/mol. The Hall–Kier alpha value is -3.02. The van der Waals surface area contributed by atoms with Crippen molar-refractivity contribution in [3.8, 4) is 0 Å². The molecule has 0 aliphatic carbocycles. The number of rotatable bonds is 4. The number of guanidine groups is 1. The van der Waals surface area contributed by atoms with Crippen LogP contribution in [-0.4, -0.2) is 22.9 Å². The standard InChI is InChI=1S/C16H17N5O/c1-11-4-5-13(17)9-14(11)21-16(18)20-8-6-15(22)12-3-2-7-19-10-12/h2-5,7-10H,6,17H2,1H3,(H2,18,21)/b20-8+. The zero-order valence-corrected chi connectivity index (χ0v) is 12.2. The van der Waals surface area contributed by atoms with Crippen LogP contribution >= 0.6 is 0 Å². The van der Waals surface area contributed by atoms with E-state index < -0.39 is 0 Å². The van der Waals surface area contributed by atoms with Crippen LogP contribution in [0.25, 0.3) is 0 Å². The Morgan fingerprint density at radius 1 is 1.36 bits per heavy atom. The normalized spacial score (nSPS) is 11.8. The molecule has 1 aromatic heterocycles. The number of carbonyl (C=O) groups excluding carboxylic acids is 1. The van der Waals surface area contributed by atoms with Crippen LogP contribution in [0.2, 0.25) is 0 Å². The first kappa shape index (κ1) is 15.4. The van der Waals surface area contributed by atoms with E-state index in [4.69, 9.17) is 11.5 Å². The lowest BCUT2D eigenvalue weighted by molar-refractivity contribution is 0.100. The summed E-state index contributed by atoms with van der Waals surface area (Å²) < 4.78 is 0. The van der Waals surface area contributed by atoms with E-state index >= 15 is 0 Å². The van der Waals surface area contributed by atoms with Gasteiger partial charge >= 0.3 is 0 Å². The zero-order chi connectivity index (χ0) is 15.9. The summed E-state index contributed by atoms with van der Waals surface area (Å²) in [6.45, 7) is 1.90. The highest BCUT2D eigenvalue weighted by Crippen LogP contribution is 2.21. The second kappa shape index (κ2) is 7.12. The molecule has 6 nitrogen and oxygen atoms in total. The molecular weight excluding hydrogens is 278 g/mol. The average molecular weight is 295 g/mol. The van der Waals surface area contributed by atoms with Gasteiger partial charge in [-0.05, 0) is 36.8 Å². The van der Waals surface area contributed by atoms with Crippen molar-refractivity contribution in [1.82, 2.24) is 4.98 Å². The molecule has 2 rings (SSSR count). The van der Waals surface area contributed by atoms with Gasteiger partial charge in [0.2, 0.25) is 5.96 Å². The van der Waals surface area contributed by atoms with Gasteiger partial charge < -0.3 is 11.5 Å². The third-order valence-corrected chi connectivity index (χ3v) is 2.95. The Bertz CT molecular complexity index is 723. The van der Waals surface area contributed by atoms with Crippen LogP contribution < -0.4 is 11.5 Å². The van der Waals surface area contributed by atoms with E-state index in [1.165, 1.54) is 12.4 Å². The first-order valence-corrected chi connectivity index (χ1v) is 6.72. The number of nitrogens with zero attached hydrogens (tertiary/aromatic N) is 3. The molecule has 0 unspecified atom stereocenters. The number of aryl methyl sites for hydroxylation is 1. The molecule has 2 aromatic rings. The van der Waals surface area contributed by atoms with Gasteiger partial charge in [-0.2, -0.15) is 0 Å². The first-order chi connectivity index (χ1) is 10.6. The van der Waals surface area contributed by atoms with Gasteiger partial charge in [0.15, 0.2) is 5.78 Å². The van der Waals surface area contributed by atoms with E-state index in [1.54, 1.807) is 30.5 Å². The van der Waals surface area contributed by atoms with Crippen molar-refractivity contribution in [2.45, 2.75) is 13.3 Å². The van der Waals surface area contributed by atoms with Crippen molar-refractivity contribution >= 4 is 29.3 Å². The van der Waals surface area contributed by atoms with E-state index in [1.807, 2.05) is 13.0 Å². The molecule has 0 amide bonds. The lowest BCUT2D eigenvalue weighted by Crippen LogP contribution is -2.09. The predicted molar refractivity (Wildman–Crippen MR) is 88.6 cm³/mol. The van der Waals surface area contributed by atoms with E-state index in [9.17, 15) is 4.79 Å². The van der Waals surface area contributed by atoms with Crippen molar-refractivity contribution in [3.05, 3.63) is 53.9 Å². The van der Waals surface area contributed by atoms with Crippen molar-refractivity contribution < 1.29 is 4.79 Å². The average Bonchev–Trinajstić information content (AvgIpc) is 2.51. The van der Waals surface area contributed by atoms with Crippen LogP contribution in [0.5, 0.6) is 0 Å². The van der Waals surface area contributed by atoms with Crippen LogP contribution in [0.4, 0.5) is 11.4 Å². The number of carbonyl (C=O) groups is 1. The molecule has 0 aliphatic heterocycles. The minimum atomic E-state index is -0.0789. The van der Waals surface area contributed by atoms with Crippen LogP contribution in [0, 0.1) is 6.92 Å². The maximum Gasteiger partial charge on any atom is 0.220 e. The Morgan fingerprint density at radius 3 is 2.91 bits per heavy atom. The second-order valence-electron chi connectivity index (χ2n) is 4.70. The lowest BCUT2D eigenvalue weighted by atomic mass is 10.1. The fourth-order valence-electron chi connectivity index (χ4n) is 1.77. The summed E-state index contributed by atoms with van der Waals surface area (Å²) in [4.78, 5) is 23.9. The SMILES string of the molecule is Cc1ccc(N)cc1N=C(N)/N=C/CC(=O)c1cccnc1. The van der Waals surface area contributed by atoms with Crippen molar-refractivity contribution in [2.24, 2.45) is 15.7 Å². The van der Waals surface area contributed by atoms with E-state index in [2.05, 4.69) is 15.0 Å². The molecule has 4 N–H and O–H groups in total. The fourth-order valence-corrected chi connectivity index (χ4v) is 1.77. The van der Waals surface area contributed by atoms with Crippen LogP contribution in [0.1, 0.15) is 22.3 Å². The molecule has 1 heterocycles. The van der Waals surface area contributed by atoms with Gasteiger partial charge in [-0.25, -0.2) is 9.98 Å². The first-order valence-electron chi connectivity index (χ1n) is 6.72. The molecule has 0 saturated carbocycles. The van der Waals surface area contributed by atoms with Crippen molar-refractivity contribution in [2.75, 3.05) is 5.73 Å². The molecule has 0 saturated heterocycles. The van der Waals surface area contributed by atoms with Gasteiger partial charge in [0, 0.05) is 36.3 Å². The minimum absolute atomic E-state index is 0.0766. The maximum atomic E-state index is 11.9. The van der Waals surface area contributed by atoms with Crippen molar-refractivity contribution in [3.63, 3.8) is 0 Å². The number of hydrogen-bond donors (Lipinski definition) is 2. The Morgan fingerprint density at radius 2 is 2.18 bits per heavy atom. The number of Topliss-reactive ketones (excluding diaryl/α,β-unsaturated/α-hetero) is 1. The van der Waals surface area contributed by atoms with E-state index in [-0.39, 0.29) is 18.2 Å². The van der Waals surface area contributed by atoms with E-state index in [0.29, 0.717) is 16.9 Å². The number of nitrogens with two attached hydrogens (primary N) is 2. The quantitative estimate of drug-likeness (QED) is 0.390. The number of pyridine rings is 1. The number of anilines is 1. The van der Waals surface area contributed by atoms with E-state index in [0.717, 1.165) is 5.56 Å². The van der Waals surface area contributed by atoms with Crippen LogP contribution in [-0.2, 0) is 0 Å². The van der Waals surface area contributed by atoms with Gasteiger partial charge in [-0.1, -0.05) is 6.07 Å². The fraction of sp³-hybridized carbons (Fsp3) is 0.125. The molecule has 0 bridgehead atoms. The highest BCUT2D eigenvalue weighted by Gasteiger charge is 2.03. The number of benzene rings is 1. The summed E-state index contributed by atoms with van der Waals surface area (Å²) in [5.41, 5.74) is 14.2. The molecule has 6 heteroatoms. The van der Waals surface area contributed by atoms with Crippen molar-refractivity contribution in [1.29, 1.82) is 0 Å². The molecule has 0 spiro atoms. The minimum Gasteiger partial charge on any atom is -0.399 e. The molecular formula is C16H17N5O. The molecule has 0 fully saturated rings.